The molecule has 0 unspecified atom stereocenters. The monoisotopic (exact) mass is 411 g/mol. The van der Waals surface area contributed by atoms with Gasteiger partial charge >= 0.3 is 0 Å². The largest absolute Gasteiger partial charge is 0.456 e. The number of para-hydroxylation sites is 2. The van der Waals surface area contributed by atoms with E-state index in [0.29, 0.717) is 0 Å². The zero-order valence-corrected chi connectivity index (χ0v) is 17.6. The van der Waals surface area contributed by atoms with Gasteiger partial charge in [-0.1, -0.05) is 79.9 Å². The zero-order chi connectivity index (χ0) is 21.7. The molecule has 2 nitrogen and oxygen atoms in total. The number of benzene rings is 4. The van der Waals surface area contributed by atoms with Crippen molar-refractivity contribution in [2.75, 3.05) is 0 Å². The van der Waals surface area contributed by atoms with E-state index in [1.54, 1.807) is 0 Å². The molecular formula is C30H21NO. The molecule has 0 bridgehead atoms. The summed E-state index contributed by atoms with van der Waals surface area (Å²) in [5.74, 6) is 0. The summed E-state index contributed by atoms with van der Waals surface area (Å²) < 4.78 is 8.19. The predicted molar refractivity (Wildman–Crippen MR) is 135 cm³/mol. The van der Waals surface area contributed by atoms with Gasteiger partial charge in [0.05, 0.1) is 5.52 Å². The van der Waals surface area contributed by atoms with Crippen LogP contribution in [0, 0.1) is 0 Å². The van der Waals surface area contributed by atoms with Gasteiger partial charge in [-0.2, -0.15) is 0 Å². The SMILES string of the molecule is C=C/C=c1\c(=C)n(-c2ccc(-c3ccc4oc5ccccc5c4c3)cc2)c2ccccc12. The van der Waals surface area contributed by atoms with Crippen molar-refractivity contribution in [3.05, 3.63) is 114 Å². The molecule has 0 amide bonds. The van der Waals surface area contributed by atoms with E-state index in [1.807, 2.05) is 24.3 Å². The Bertz CT molecular complexity index is 1750. The van der Waals surface area contributed by atoms with Gasteiger partial charge in [-0.3, -0.25) is 0 Å². The number of hydrogen-bond acceptors (Lipinski definition) is 1. The molecule has 32 heavy (non-hydrogen) atoms. The van der Waals surface area contributed by atoms with Crippen molar-refractivity contribution < 1.29 is 4.42 Å². The molecule has 0 aliphatic rings. The van der Waals surface area contributed by atoms with Crippen molar-refractivity contribution in [1.82, 2.24) is 4.57 Å². The van der Waals surface area contributed by atoms with Crippen LogP contribution in [0.2, 0.25) is 0 Å². The van der Waals surface area contributed by atoms with Gasteiger partial charge in [-0.15, -0.1) is 0 Å². The maximum absolute atomic E-state index is 5.98. The molecule has 0 atom stereocenters. The van der Waals surface area contributed by atoms with E-state index in [2.05, 4.69) is 96.6 Å². The normalized spacial score (nSPS) is 12.2. The molecule has 0 saturated heterocycles. The van der Waals surface area contributed by atoms with Gasteiger partial charge in [0.15, 0.2) is 0 Å². The minimum Gasteiger partial charge on any atom is -0.456 e. The first kappa shape index (κ1) is 18.5. The van der Waals surface area contributed by atoms with Gasteiger partial charge < -0.3 is 8.98 Å². The average Bonchev–Trinajstić information content (AvgIpc) is 3.34. The minimum absolute atomic E-state index is 0.915. The molecule has 0 radical (unpaired) electrons. The number of nitrogens with zero attached hydrogens (tertiary/aromatic N) is 1. The fraction of sp³-hybridized carbons (Fsp3) is 0. The maximum atomic E-state index is 5.98. The van der Waals surface area contributed by atoms with E-state index in [-0.39, 0.29) is 0 Å². The van der Waals surface area contributed by atoms with Crippen LogP contribution in [-0.2, 0) is 0 Å². The Balaban J connectivity index is 1.48. The third-order valence-corrected chi connectivity index (χ3v) is 6.14. The Hall–Kier alpha value is -4.30. The third-order valence-electron chi connectivity index (χ3n) is 6.14. The molecule has 0 aliphatic heterocycles. The molecule has 6 rings (SSSR count). The highest BCUT2D eigenvalue weighted by molar-refractivity contribution is 6.06. The molecule has 2 heteroatoms. The minimum atomic E-state index is 0.915. The van der Waals surface area contributed by atoms with Crippen LogP contribution in [0.25, 0.3) is 62.3 Å². The van der Waals surface area contributed by atoms with Crippen LogP contribution in [0.4, 0.5) is 0 Å². The lowest BCUT2D eigenvalue weighted by Gasteiger charge is -2.08. The van der Waals surface area contributed by atoms with Crippen LogP contribution >= 0.6 is 0 Å². The lowest BCUT2D eigenvalue weighted by molar-refractivity contribution is 0.669. The number of fused-ring (bicyclic) bond motifs is 4. The van der Waals surface area contributed by atoms with Gasteiger partial charge in [-0.25, -0.2) is 0 Å². The fourth-order valence-electron chi connectivity index (χ4n) is 4.63. The summed E-state index contributed by atoms with van der Waals surface area (Å²) in [5, 5.41) is 5.54. The van der Waals surface area contributed by atoms with Crippen molar-refractivity contribution in [2.45, 2.75) is 0 Å². The van der Waals surface area contributed by atoms with E-state index in [1.165, 1.54) is 16.5 Å². The number of rotatable bonds is 3. The molecule has 6 aromatic rings. The van der Waals surface area contributed by atoms with E-state index in [0.717, 1.165) is 43.7 Å². The topological polar surface area (TPSA) is 18.1 Å². The highest BCUT2D eigenvalue weighted by Gasteiger charge is 2.10. The quantitative estimate of drug-likeness (QED) is 0.322. The van der Waals surface area contributed by atoms with Crippen molar-refractivity contribution in [1.29, 1.82) is 0 Å². The van der Waals surface area contributed by atoms with Crippen LogP contribution in [-0.4, -0.2) is 4.57 Å². The summed E-state index contributed by atoms with van der Waals surface area (Å²) in [6.07, 6.45) is 3.85. The summed E-state index contributed by atoms with van der Waals surface area (Å²) in [4.78, 5) is 0. The molecular weight excluding hydrogens is 390 g/mol. The number of aromatic nitrogens is 1. The molecule has 4 aromatic carbocycles. The van der Waals surface area contributed by atoms with Crippen LogP contribution in [0.15, 0.2) is 108 Å². The van der Waals surface area contributed by atoms with Crippen molar-refractivity contribution >= 4 is 45.5 Å². The van der Waals surface area contributed by atoms with Crippen molar-refractivity contribution in [2.24, 2.45) is 0 Å². The second-order valence-corrected chi connectivity index (χ2v) is 7.97. The molecule has 0 N–H and O–H groups in total. The molecule has 0 spiro atoms. The van der Waals surface area contributed by atoms with E-state index >= 15 is 0 Å². The van der Waals surface area contributed by atoms with Crippen LogP contribution in [0.1, 0.15) is 0 Å². The summed E-state index contributed by atoms with van der Waals surface area (Å²) in [7, 11) is 0. The van der Waals surface area contributed by atoms with E-state index in [4.69, 9.17) is 4.42 Å². The summed E-state index contributed by atoms with van der Waals surface area (Å²) in [6.45, 7) is 8.23. The Morgan fingerprint density at radius 3 is 2.19 bits per heavy atom. The highest BCUT2D eigenvalue weighted by Crippen LogP contribution is 2.32. The zero-order valence-electron chi connectivity index (χ0n) is 17.6. The molecule has 0 fully saturated rings. The first-order valence-electron chi connectivity index (χ1n) is 10.7. The molecule has 152 valence electrons. The van der Waals surface area contributed by atoms with Gasteiger partial charge in [0, 0.05) is 32.4 Å². The van der Waals surface area contributed by atoms with E-state index in [9.17, 15) is 0 Å². The summed E-state index contributed by atoms with van der Waals surface area (Å²) in [5.41, 5.74) is 6.41. The highest BCUT2D eigenvalue weighted by atomic mass is 16.3. The molecule has 0 aliphatic carbocycles. The van der Waals surface area contributed by atoms with Crippen LogP contribution in [0.3, 0.4) is 0 Å². The first-order chi connectivity index (χ1) is 15.7. The predicted octanol–water partition coefficient (Wildman–Crippen LogP) is 6.57. The van der Waals surface area contributed by atoms with Crippen molar-refractivity contribution in [3.63, 3.8) is 0 Å². The Labute approximate surface area is 185 Å². The van der Waals surface area contributed by atoms with Crippen molar-refractivity contribution in [3.8, 4) is 16.8 Å². The van der Waals surface area contributed by atoms with Crippen LogP contribution < -0.4 is 10.6 Å². The third kappa shape index (κ3) is 2.74. The Kier molecular flexibility index (Phi) is 4.12. The maximum Gasteiger partial charge on any atom is 0.135 e. The molecule has 2 heterocycles. The summed E-state index contributed by atoms with van der Waals surface area (Å²) >= 11 is 0. The number of hydrogen-bond donors (Lipinski definition) is 0. The van der Waals surface area contributed by atoms with Crippen LogP contribution in [0.5, 0.6) is 0 Å². The second-order valence-electron chi connectivity index (χ2n) is 7.97. The molecule has 0 saturated carbocycles. The van der Waals surface area contributed by atoms with E-state index < -0.39 is 0 Å². The van der Waals surface area contributed by atoms with Gasteiger partial charge in [0.25, 0.3) is 0 Å². The Morgan fingerprint density at radius 1 is 0.688 bits per heavy atom. The summed E-state index contributed by atoms with van der Waals surface area (Å²) in [6, 6.07) is 31.6. The standard InChI is InChI=1S/C30H21NO/c1-3-8-24-20(2)31(28-11-6-4-9-25(24)28)23-16-13-21(14-17-23)22-15-18-30-27(19-22)26-10-5-7-12-29(26)32-30/h3-19H,1-2H2/b24-8+. The lowest BCUT2D eigenvalue weighted by atomic mass is 10.0. The smallest absolute Gasteiger partial charge is 0.135 e. The Morgan fingerprint density at radius 2 is 1.38 bits per heavy atom. The van der Waals surface area contributed by atoms with Gasteiger partial charge in [-0.05, 0) is 47.5 Å². The van der Waals surface area contributed by atoms with Gasteiger partial charge in [0.1, 0.15) is 11.2 Å². The fourth-order valence-corrected chi connectivity index (χ4v) is 4.63. The van der Waals surface area contributed by atoms with Gasteiger partial charge in [0.2, 0.25) is 0 Å². The second kappa shape index (κ2) is 7.14. The molecule has 2 aromatic heterocycles. The number of furan rings is 1. The average molecular weight is 412 g/mol. The lowest BCUT2D eigenvalue weighted by Crippen LogP contribution is -2.26. The number of allylic oxidation sites excluding steroid dienone is 1. The first-order valence-corrected chi connectivity index (χ1v) is 10.7.